The van der Waals surface area contributed by atoms with Gasteiger partial charge in [0.1, 0.15) is 6.04 Å². The highest BCUT2D eigenvalue weighted by Gasteiger charge is 2.47. The molecular weight excluding hydrogens is 459 g/mol. The molecule has 0 aliphatic carbocycles. The van der Waals surface area contributed by atoms with Crippen molar-refractivity contribution in [3.8, 4) is 0 Å². The summed E-state index contributed by atoms with van der Waals surface area (Å²) in [5.74, 6) is -0.569. The van der Waals surface area contributed by atoms with Crippen LogP contribution in [0.15, 0.2) is 59.6 Å². The first-order valence-electron chi connectivity index (χ1n) is 9.82. The number of aryl methyl sites for hydroxylation is 1. The molecule has 2 aromatic carbocycles. The molecule has 11 heteroatoms. The zero-order valence-electron chi connectivity index (χ0n) is 17.5. The number of fused-ring (bicyclic) bond motifs is 1. The zero-order valence-corrected chi connectivity index (χ0v) is 18.3. The number of nitrogens with zero attached hydrogens (tertiary/aromatic N) is 3. The lowest BCUT2D eigenvalue weighted by Gasteiger charge is -2.20. The monoisotopic (exact) mass is 477 g/mol. The molecule has 0 saturated carbocycles. The molecule has 3 aromatic rings. The average molecular weight is 477 g/mol. The lowest BCUT2D eigenvalue weighted by atomic mass is 10.1. The van der Waals surface area contributed by atoms with E-state index in [-0.39, 0.29) is 12.2 Å². The summed E-state index contributed by atoms with van der Waals surface area (Å²) in [6.07, 6.45) is 1.61. The van der Waals surface area contributed by atoms with Crippen molar-refractivity contribution in [1.29, 1.82) is 0 Å². The number of alkyl halides is 3. The van der Waals surface area contributed by atoms with Crippen molar-refractivity contribution in [3.63, 3.8) is 0 Å². The summed E-state index contributed by atoms with van der Waals surface area (Å²) < 4.78 is 61.4. The Labute approximate surface area is 187 Å². The number of urea groups is 1. The second-order valence-electron chi connectivity index (χ2n) is 7.69. The van der Waals surface area contributed by atoms with Gasteiger partial charge in [-0.3, -0.25) is 9.78 Å². The van der Waals surface area contributed by atoms with E-state index < -0.39 is 38.2 Å². The molecule has 33 heavy (non-hydrogen) atoms. The molecular formula is C22H18F3N3O4S. The van der Waals surface area contributed by atoms with Crippen LogP contribution >= 0.6 is 0 Å². The van der Waals surface area contributed by atoms with Crippen molar-refractivity contribution in [2.24, 2.45) is 0 Å². The highest BCUT2D eigenvalue weighted by atomic mass is 32.2. The third-order valence-corrected chi connectivity index (χ3v) is 7.02. The number of sulfone groups is 1. The van der Waals surface area contributed by atoms with Crippen molar-refractivity contribution in [3.05, 3.63) is 65.9 Å². The van der Waals surface area contributed by atoms with Crippen LogP contribution in [0.3, 0.4) is 0 Å². The zero-order chi connectivity index (χ0) is 24.1. The van der Waals surface area contributed by atoms with Crippen LogP contribution in [0.2, 0.25) is 0 Å². The van der Waals surface area contributed by atoms with Crippen LogP contribution in [0, 0.1) is 6.92 Å². The maximum Gasteiger partial charge on any atom is 0.501 e. The van der Waals surface area contributed by atoms with Gasteiger partial charge in [-0.1, -0.05) is 12.1 Å². The van der Waals surface area contributed by atoms with E-state index in [1.165, 1.54) is 4.90 Å². The van der Waals surface area contributed by atoms with Gasteiger partial charge in [-0.15, -0.1) is 0 Å². The molecule has 1 fully saturated rings. The molecule has 1 aliphatic rings. The van der Waals surface area contributed by atoms with Gasteiger partial charge < -0.3 is 4.90 Å². The van der Waals surface area contributed by atoms with E-state index >= 15 is 0 Å². The minimum Gasteiger partial charge on any atom is -0.308 e. The maximum atomic E-state index is 13.1. The van der Waals surface area contributed by atoms with Gasteiger partial charge in [-0.05, 0) is 61.4 Å². The lowest BCUT2D eigenvalue weighted by molar-refractivity contribution is -0.119. The van der Waals surface area contributed by atoms with E-state index in [0.29, 0.717) is 0 Å². The number of hydrogen-bond acceptors (Lipinski definition) is 5. The number of hydrogen-bond donors (Lipinski definition) is 0. The second kappa shape index (κ2) is 7.84. The van der Waals surface area contributed by atoms with Crippen LogP contribution in [0.5, 0.6) is 0 Å². The van der Waals surface area contributed by atoms with E-state index in [4.69, 9.17) is 0 Å². The third kappa shape index (κ3) is 3.82. The van der Waals surface area contributed by atoms with Crippen molar-refractivity contribution >= 4 is 38.4 Å². The normalized spacial score (nSPS) is 17.3. The molecule has 1 aromatic heterocycles. The van der Waals surface area contributed by atoms with Gasteiger partial charge in [0.15, 0.2) is 0 Å². The Hall–Kier alpha value is -3.47. The molecule has 0 radical (unpaired) electrons. The summed E-state index contributed by atoms with van der Waals surface area (Å²) in [7, 11) is -5.53. The summed E-state index contributed by atoms with van der Waals surface area (Å²) in [5.41, 5.74) is -2.92. The average Bonchev–Trinajstić information content (AvgIpc) is 2.96. The number of anilines is 1. The molecule has 1 atom stereocenters. The smallest absolute Gasteiger partial charge is 0.308 e. The van der Waals surface area contributed by atoms with Crippen molar-refractivity contribution in [1.82, 2.24) is 9.88 Å². The Morgan fingerprint density at radius 2 is 1.70 bits per heavy atom. The topological polar surface area (TPSA) is 87.7 Å². The Kier molecular flexibility index (Phi) is 5.39. The predicted octanol–water partition coefficient (Wildman–Crippen LogP) is 4.19. The number of carbonyl (C=O) groups excluding carboxylic acids is 2. The number of imide groups is 1. The first-order valence-corrected chi connectivity index (χ1v) is 11.3. The quantitative estimate of drug-likeness (QED) is 0.526. The van der Waals surface area contributed by atoms with Gasteiger partial charge in [-0.25, -0.2) is 18.1 Å². The molecule has 0 bridgehead atoms. The molecule has 7 nitrogen and oxygen atoms in total. The number of aromatic nitrogens is 1. The van der Waals surface area contributed by atoms with Crippen LogP contribution in [-0.4, -0.2) is 41.8 Å². The molecule has 0 spiro atoms. The number of benzene rings is 2. The molecule has 0 N–H and O–H groups in total. The van der Waals surface area contributed by atoms with E-state index in [9.17, 15) is 31.2 Å². The van der Waals surface area contributed by atoms with Gasteiger partial charge in [0.2, 0.25) is 0 Å². The predicted molar refractivity (Wildman–Crippen MR) is 114 cm³/mol. The van der Waals surface area contributed by atoms with Crippen molar-refractivity contribution in [2.75, 3.05) is 4.90 Å². The SMILES string of the molecule is Cc1ccc2c(CN3C(=O)N(c4ccc(S(=O)(=O)C(F)(F)F)cc4)C(=O)C3C)ccnc2c1. The Morgan fingerprint density at radius 3 is 2.33 bits per heavy atom. The molecule has 3 amide bonds. The van der Waals surface area contributed by atoms with Gasteiger partial charge >= 0.3 is 11.5 Å². The van der Waals surface area contributed by atoms with Crippen molar-refractivity contribution < 1.29 is 31.2 Å². The Balaban J connectivity index is 1.64. The number of carbonyl (C=O) groups is 2. The van der Waals surface area contributed by atoms with Gasteiger partial charge in [0, 0.05) is 18.1 Å². The maximum absolute atomic E-state index is 13.1. The minimum atomic E-state index is -5.53. The number of pyridine rings is 1. The summed E-state index contributed by atoms with van der Waals surface area (Å²) in [4.78, 5) is 31.4. The van der Waals surface area contributed by atoms with E-state index in [0.717, 1.165) is 51.2 Å². The van der Waals surface area contributed by atoms with Crippen LogP contribution in [0.4, 0.5) is 23.7 Å². The van der Waals surface area contributed by atoms with E-state index in [1.54, 1.807) is 19.2 Å². The fraction of sp³-hybridized carbons (Fsp3) is 0.227. The minimum absolute atomic E-state index is 0.0179. The first kappa shape index (κ1) is 22.7. The van der Waals surface area contributed by atoms with Crippen LogP contribution in [-0.2, 0) is 21.2 Å². The highest BCUT2D eigenvalue weighted by molar-refractivity contribution is 7.92. The summed E-state index contributed by atoms with van der Waals surface area (Å²) in [5, 5.41) is 0.829. The first-order chi connectivity index (χ1) is 15.4. The fourth-order valence-corrected chi connectivity index (χ4v) is 4.46. The Morgan fingerprint density at radius 1 is 1.03 bits per heavy atom. The Bertz CT molecular complexity index is 1370. The molecule has 1 saturated heterocycles. The molecule has 1 unspecified atom stereocenters. The van der Waals surface area contributed by atoms with Crippen LogP contribution < -0.4 is 4.90 Å². The third-order valence-electron chi connectivity index (χ3n) is 5.52. The second-order valence-corrected chi connectivity index (χ2v) is 9.64. The van der Waals surface area contributed by atoms with E-state index in [2.05, 4.69) is 4.98 Å². The summed E-state index contributed by atoms with van der Waals surface area (Å²) >= 11 is 0. The van der Waals surface area contributed by atoms with Crippen LogP contribution in [0.25, 0.3) is 10.9 Å². The molecule has 4 rings (SSSR count). The number of amides is 3. The van der Waals surface area contributed by atoms with Gasteiger partial charge in [-0.2, -0.15) is 13.2 Å². The molecule has 1 aliphatic heterocycles. The standard InChI is InChI=1S/C22H18F3N3O4S/c1-13-3-8-18-15(9-10-26-19(18)11-13)12-27-14(2)20(29)28(21(27)30)16-4-6-17(7-5-16)33(31,32)22(23,24)25/h3-11,14H,12H2,1-2H3. The largest absolute Gasteiger partial charge is 0.501 e. The summed E-state index contributed by atoms with van der Waals surface area (Å²) in [6, 6.07) is 9.44. The lowest BCUT2D eigenvalue weighted by Crippen LogP contribution is -2.33. The van der Waals surface area contributed by atoms with Gasteiger partial charge in [0.25, 0.3) is 15.7 Å². The number of halogens is 3. The number of rotatable bonds is 4. The highest BCUT2D eigenvalue weighted by Crippen LogP contribution is 2.33. The summed E-state index contributed by atoms with van der Waals surface area (Å²) in [6.45, 7) is 3.60. The molecule has 172 valence electrons. The van der Waals surface area contributed by atoms with Crippen molar-refractivity contribution in [2.45, 2.75) is 36.8 Å². The van der Waals surface area contributed by atoms with Gasteiger partial charge in [0.05, 0.1) is 16.1 Å². The fourth-order valence-electron chi connectivity index (χ4n) is 3.70. The van der Waals surface area contributed by atoms with Crippen LogP contribution in [0.1, 0.15) is 18.1 Å². The van der Waals surface area contributed by atoms with E-state index in [1.807, 2.05) is 25.1 Å². The molecule has 2 heterocycles.